The van der Waals surface area contributed by atoms with Gasteiger partial charge in [0.2, 0.25) is 5.91 Å². The van der Waals surface area contributed by atoms with Gasteiger partial charge in [0.25, 0.3) is 0 Å². The number of nitrogens with zero attached hydrogens (tertiary/aromatic N) is 2. The molecule has 0 aliphatic carbocycles. The number of benzene rings is 1. The first-order valence-electron chi connectivity index (χ1n) is 7.52. The zero-order valence-corrected chi connectivity index (χ0v) is 14.2. The lowest BCUT2D eigenvalue weighted by Crippen LogP contribution is -2.38. The minimum Gasteiger partial charge on any atom is -0.362 e. The molecule has 0 unspecified atom stereocenters. The molecule has 118 valence electrons. The van der Waals surface area contributed by atoms with Crippen LogP contribution >= 0.6 is 0 Å². The van der Waals surface area contributed by atoms with Gasteiger partial charge in [0.1, 0.15) is 0 Å². The molecule has 21 heavy (non-hydrogen) atoms. The highest BCUT2D eigenvalue weighted by molar-refractivity contribution is 5.81. The molecule has 0 aliphatic rings. The molecule has 0 atom stereocenters. The maximum Gasteiger partial charge on any atom is 0.241 e. The van der Waals surface area contributed by atoms with Crippen molar-refractivity contribution >= 4 is 11.6 Å². The van der Waals surface area contributed by atoms with Gasteiger partial charge in [-0.2, -0.15) is 0 Å². The Morgan fingerprint density at radius 1 is 1.19 bits per heavy atom. The first-order chi connectivity index (χ1) is 9.74. The van der Waals surface area contributed by atoms with Crippen molar-refractivity contribution in [2.75, 3.05) is 32.1 Å². The van der Waals surface area contributed by atoms with Crippen LogP contribution in [0, 0.1) is 0 Å². The highest BCUT2D eigenvalue weighted by atomic mass is 16.2. The third kappa shape index (κ3) is 5.76. The second kappa shape index (κ2) is 7.46. The Hall–Kier alpha value is -1.55. The molecule has 0 radical (unpaired) electrons. The maximum absolute atomic E-state index is 12.0. The lowest BCUT2D eigenvalue weighted by molar-refractivity contribution is -0.127. The molecule has 0 heterocycles. The van der Waals surface area contributed by atoms with Crippen LogP contribution in [0.3, 0.4) is 0 Å². The van der Waals surface area contributed by atoms with E-state index >= 15 is 0 Å². The SMILES string of the molecule is CCN(CC(=O)N(C)C)c1ccccc1CNC(C)(C)C. The molecule has 0 fully saturated rings. The van der Waals surface area contributed by atoms with Crippen molar-refractivity contribution in [1.29, 1.82) is 0 Å². The number of amides is 1. The van der Waals surface area contributed by atoms with Crippen LogP contribution in [0.1, 0.15) is 33.3 Å². The molecule has 0 aliphatic heterocycles. The number of carbonyl (C=O) groups is 1. The monoisotopic (exact) mass is 291 g/mol. The van der Waals surface area contributed by atoms with Crippen LogP contribution in [0.15, 0.2) is 24.3 Å². The van der Waals surface area contributed by atoms with Gasteiger partial charge in [-0.3, -0.25) is 4.79 Å². The van der Waals surface area contributed by atoms with Crippen LogP contribution < -0.4 is 10.2 Å². The summed E-state index contributed by atoms with van der Waals surface area (Å²) in [6.45, 7) is 10.6. The summed E-state index contributed by atoms with van der Waals surface area (Å²) in [7, 11) is 3.59. The molecule has 0 bridgehead atoms. The zero-order valence-electron chi connectivity index (χ0n) is 14.2. The molecule has 4 nitrogen and oxygen atoms in total. The van der Waals surface area contributed by atoms with Gasteiger partial charge in [-0.25, -0.2) is 0 Å². The summed E-state index contributed by atoms with van der Waals surface area (Å²) in [4.78, 5) is 15.7. The number of rotatable bonds is 6. The summed E-state index contributed by atoms with van der Waals surface area (Å²) < 4.78 is 0. The topological polar surface area (TPSA) is 35.6 Å². The van der Waals surface area contributed by atoms with E-state index in [0.29, 0.717) is 6.54 Å². The van der Waals surface area contributed by atoms with Crippen LogP contribution in [-0.4, -0.2) is 43.5 Å². The summed E-state index contributed by atoms with van der Waals surface area (Å²) in [6.07, 6.45) is 0. The van der Waals surface area contributed by atoms with Crippen molar-refractivity contribution in [3.63, 3.8) is 0 Å². The van der Waals surface area contributed by atoms with Crippen LogP contribution in [0.2, 0.25) is 0 Å². The summed E-state index contributed by atoms with van der Waals surface area (Å²) in [5.41, 5.74) is 2.43. The molecule has 1 rings (SSSR count). The van der Waals surface area contributed by atoms with E-state index in [9.17, 15) is 4.79 Å². The second-order valence-electron chi connectivity index (χ2n) is 6.53. The van der Waals surface area contributed by atoms with Crippen molar-refractivity contribution in [1.82, 2.24) is 10.2 Å². The fourth-order valence-electron chi connectivity index (χ4n) is 2.00. The second-order valence-corrected chi connectivity index (χ2v) is 6.53. The lowest BCUT2D eigenvalue weighted by atomic mass is 10.1. The zero-order chi connectivity index (χ0) is 16.0. The molecule has 0 saturated heterocycles. The Bertz CT molecular complexity index is 463. The molecule has 0 aromatic heterocycles. The third-order valence-corrected chi connectivity index (χ3v) is 3.35. The Kier molecular flexibility index (Phi) is 6.21. The van der Waals surface area contributed by atoms with E-state index in [1.807, 2.05) is 12.1 Å². The van der Waals surface area contributed by atoms with E-state index in [2.05, 4.69) is 50.0 Å². The van der Waals surface area contributed by atoms with Gasteiger partial charge in [0.05, 0.1) is 6.54 Å². The number of nitrogens with one attached hydrogen (secondary N) is 1. The fourth-order valence-corrected chi connectivity index (χ4v) is 2.00. The number of anilines is 1. The number of carbonyl (C=O) groups excluding carboxylic acids is 1. The van der Waals surface area contributed by atoms with Crippen LogP contribution in [0.25, 0.3) is 0 Å². The van der Waals surface area contributed by atoms with Gasteiger partial charge in [0.15, 0.2) is 0 Å². The number of likely N-dealkylation sites (N-methyl/N-ethyl adjacent to an activating group) is 2. The smallest absolute Gasteiger partial charge is 0.241 e. The van der Waals surface area contributed by atoms with Gasteiger partial charge in [0, 0.05) is 38.4 Å². The first-order valence-corrected chi connectivity index (χ1v) is 7.52. The van der Waals surface area contributed by atoms with Crippen molar-refractivity contribution in [2.45, 2.75) is 39.8 Å². The standard InChI is InChI=1S/C17H29N3O/c1-7-20(13-16(21)19(5)6)15-11-9-8-10-14(15)12-18-17(2,3)4/h8-11,18H,7,12-13H2,1-6H3. The molecule has 4 heteroatoms. The maximum atomic E-state index is 12.0. The van der Waals surface area contributed by atoms with Gasteiger partial charge in [-0.05, 0) is 39.3 Å². The highest BCUT2D eigenvalue weighted by Gasteiger charge is 2.16. The summed E-state index contributed by atoms with van der Waals surface area (Å²) >= 11 is 0. The molecule has 0 saturated carbocycles. The average molecular weight is 291 g/mol. The van der Waals surface area contributed by atoms with E-state index < -0.39 is 0 Å². The van der Waals surface area contributed by atoms with Gasteiger partial charge in [-0.1, -0.05) is 18.2 Å². The molecule has 0 spiro atoms. The highest BCUT2D eigenvalue weighted by Crippen LogP contribution is 2.21. The summed E-state index contributed by atoms with van der Waals surface area (Å²) in [5, 5.41) is 3.51. The van der Waals surface area contributed by atoms with Crippen molar-refractivity contribution < 1.29 is 4.79 Å². The minimum absolute atomic E-state index is 0.0730. The van der Waals surface area contributed by atoms with Crippen molar-refractivity contribution in [3.05, 3.63) is 29.8 Å². The first kappa shape index (κ1) is 17.5. The van der Waals surface area contributed by atoms with Crippen LogP contribution in [-0.2, 0) is 11.3 Å². The average Bonchev–Trinajstić information content (AvgIpc) is 2.41. The Morgan fingerprint density at radius 3 is 2.33 bits per heavy atom. The van der Waals surface area contributed by atoms with Gasteiger partial charge < -0.3 is 15.1 Å². The van der Waals surface area contributed by atoms with Crippen LogP contribution in [0.5, 0.6) is 0 Å². The Labute approximate surface area is 129 Å². The summed E-state index contributed by atoms with van der Waals surface area (Å²) in [5.74, 6) is 0.121. The number of hydrogen-bond donors (Lipinski definition) is 1. The number of hydrogen-bond acceptors (Lipinski definition) is 3. The van der Waals surface area contributed by atoms with Crippen molar-refractivity contribution in [3.8, 4) is 0 Å². The summed E-state index contributed by atoms with van der Waals surface area (Å²) in [6, 6.07) is 8.28. The molecule has 1 N–H and O–H groups in total. The Balaban J connectivity index is 2.91. The largest absolute Gasteiger partial charge is 0.362 e. The quantitative estimate of drug-likeness (QED) is 0.874. The van der Waals surface area contributed by atoms with E-state index in [1.54, 1.807) is 19.0 Å². The van der Waals surface area contributed by atoms with E-state index in [-0.39, 0.29) is 11.4 Å². The predicted octanol–water partition coefficient (Wildman–Crippen LogP) is 2.49. The lowest BCUT2D eigenvalue weighted by Gasteiger charge is -2.28. The molecule has 1 aromatic rings. The Morgan fingerprint density at radius 2 is 1.81 bits per heavy atom. The molecule has 1 aromatic carbocycles. The van der Waals surface area contributed by atoms with E-state index in [1.165, 1.54) is 5.56 Å². The fraction of sp³-hybridized carbons (Fsp3) is 0.588. The third-order valence-electron chi connectivity index (χ3n) is 3.35. The molecular formula is C17H29N3O. The van der Waals surface area contributed by atoms with Crippen LogP contribution in [0.4, 0.5) is 5.69 Å². The number of para-hydroxylation sites is 1. The normalized spacial score (nSPS) is 11.3. The van der Waals surface area contributed by atoms with Gasteiger partial charge in [-0.15, -0.1) is 0 Å². The van der Waals surface area contributed by atoms with Crippen molar-refractivity contribution in [2.24, 2.45) is 0 Å². The predicted molar refractivity (Wildman–Crippen MR) is 89.6 cm³/mol. The van der Waals surface area contributed by atoms with E-state index in [0.717, 1.165) is 18.8 Å². The van der Waals surface area contributed by atoms with E-state index in [4.69, 9.17) is 0 Å². The van der Waals surface area contributed by atoms with Gasteiger partial charge >= 0.3 is 0 Å². The molecule has 1 amide bonds. The minimum atomic E-state index is 0.0730. The molecular weight excluding hydrogens is 262 g/mol.